The summed E-state index contributed by atoms with van der Waals surface area (Å²) in [5.41, 5.74) is 0.181. The van der Waals surface area contributed by atoms with Crippen molar-refractivity contribution in [3.05, 3.63) is 68.3 Å². The number of fused-ring (bicyclic) bond motifs is 1. The Morgan fingerprint density at radius 2 is 1.89 bits per heavy atom. The molecule has 2 aromatic carbocycles. The predicted molar refractivity (Wildman–Crippen MR) is 105 cm³/mol. The number of aryl methyl sites for hydroxylation is 1. The van der Waals surface area contributed by atoms with E-state index in [4.69, 9.17) is 9.47 Å². The third kappa shape index (κ3) is 3.41. The first-order valence-electron chi connectivity index (χ1n) is 8.45. The average molecular weight is 382 g/mol. The van der Waals surface area contributed by atoms with Gasteiger partial charge in [0, 0.05) is 6.42 Å². The van der Waals surface area contributed by atoms with E-state index in [2.05, 4.69) is 10.1 Å². The van der Waals surface area contributed by atoms with E-state index in [0.717, 1.165) is 4.68 Å². The number of ether oxygens (including phenoxy) is 2. The van der Waals surface area contributed by atoms with Gasteiger partial charge >= 0.3 is 0 Å². The van der Waals surface area contributed by atoms with Gasteiger partial charge in [-0.15, -0.1) is 0 Å². The van der Waals surface area contributed by atoms with Crippen LogP contribution in [0.1, 0.15) is 18.3 Å². The Morgan fingerprint density at radius 1 is 1.21 bits per heavy atom. The lowest BCUT2D eigenvalue weighted by Gasteiger charge is -2.09. The van der Waals surface area contributed by atoms with Crippen LogP contribution >= 0.6 is 0 Å². The van der Waals surface area contributed by atoms with Crippen molar-refractivity contribution in [2.24, 2.45) is 5.10 Å². The number of hydrogen-bond donors (Lipinski definition) is 0. The highest BCUT2D eigenvalue weighted by atomic mass is 16.6. The van der Waals surface area contributed by atoms with Gasteiger partial charge in [-0.1, -0.05) is 19.1 Å². The van der Waals surface area contributed by atoms with Crippen molar-refractivity contribution in [3.63, 3.8) is 0 Å². The number of nitro groups is 1. The predicted octanol–water partition coefficient (Wildman–Crippen LogP) is 2.77. The monoisotopic (exact) mass is 382 g/mol. The normalized spacial score (nSPS) is 11.1. The Labute approximate surface area is 160 Å². The first-order valence-corrected chi connectivity index (χ1v) is 8.45. The SMILES string of the molecule is CCc1nc2ccccc2c(=O)n1/N=C/c1cc(OC)c(OC)cc1[N+](=O)[O-]. The summed E-state index contributed by atoms with van der Waals surface area (Å²) in [6, 6.07) is 9.64. The van der Waals surface area contributed by atoms with E-state index in [-0.39, 0.29) is 22.6 Å². The standard InChI is InChI=1S/C19H18N4O5/c1-4-18-21-14-8-6-5-7-13(14)19(24)22(18)20-11-12-9-16(27-2)17(28-3)10-15(12)23(25)26/h5-11H,4H2,1-3H3/b20-11+. The molecule has 144 valence electrons. The summed E-state index contributed by atoms with van der Waals surface area (Å²) in [4.78, 5) is 28.1. The fourth-order valence-electron chi connectivity index (χ4n) is 2.78. The Bertz CT molecular complexity index is 1140. The van der Waals surface area contributed by atoms with Gasteiger partial charge < -0.3 is 9.47 Å². The molecule has 0 saturated carbocycles. The van der Waals surface area contributed by atoms with Crippen LogP contribution in [0.5, 0.6) is 11.5 Å². The number of para-hydroxylation sites is 1. The molecule has 0 aliphatic rings. The molecular weight excluding hydrogens is 364 g/mol. The second-order valence-electron chi connectivity index (χ2n) is 5.78. The van der Waals surface area contributed by atoms with Crippen LogP contribution in [0.4, 0.5) is 5.69 Å². The van der Waals surface area contributed by atoms with Crippen LogP contribution in [-0.2, 0) is 6.42 Å². The van der Waals surface area contributed by atoms with Crippen LogP contribution in [0.3, 0.4) is 0 Å². The molecule has 0 aliphatic carbocycles. The summed E-state index contributed by atoms with van der Waals surface area (Å²) in [5.74, 6) is 0.988. The minimum Gasteiger partial charge on any atom is -0.493 e. The van der Waals surface area contributed by atoms with Crippen LogP contribution in [-0.4, -0.2) is 35.0 Å². The molecule has 0 fully saturated rings. The zero-order valence-electron chi connectivity index (χ0n) is 15.6. The molecule has 0 unspecified atom stereocenters. The summed E-state index contributed by atoms with van der Waals surface area (Å²) in [6.07, 6.45) is 1.71. The van der Waals surface area contributed by atoms with Crippen LogP contribution in [0.15, 0.2) is 46.3 Å². The second kappa shape index (κ2) is 7.87. The topological polar surface area (TPSA) is 109 Å². The van der Waals surface area contributed by atoms with Crippen molar-refractivity contribution in [1.82, 2.24) is 9.66 Å². The lowest BCUT2D eigenvalue weighted by Crippen LogP contribution is -2.22. The van der Waals surface area contributed by atoms with Crippen LogP contribution < -0.4 is 15.0 Å². The van der Waals surface area contributed by atoms with Gasteiger partial charge in [0.25, 0.3) is 11.2 Å². The third-order valence-corrected chi connectivity index (χ3v) is 4.18. The zero-order chi connectivity index (χ0) is 20.3. The minimum atomic E-state index is -0.550. The molecule has 28 heavy (non-hydrogen) atoms. The zero-order valence-corrected chi connectivity index (χ0v) is 15.6. The first kappa shape index (κ1) is 19.0. The van der Waals surface area contributed by atoms with Crippen LogP contribution in [0.2, 0.25) is 0 Å². The van der Waals surface area contributed by atoms with Crippen molar-refractivity contribution in [3.8, 4) is 11.5 Å². The number of methoxy groups -OCH3 is 2. The number of nitro benzene ring substituents is 1. The number of aromatic nitrogens is 2. The van der Waals surface area contributed by atoms with Gasteiger partial charge in [-0.25, -0.2) is 4.98 Å². The molecule has 0 radical (unpaired) electrons. The van der Waals surface area contributed by atoms with E-state index < -0.39 is 4.92 Å². The van der Waals surface area contributed by atoms with E-state index in [1.807, 2.05) is 6.92 Å². The lowest BCUT2D eigenvalue weighted by molar-refractivity contribution is -0.385. The number of benzene rings is 2. The smallest absolute Gasteiger partial charge is 0.282 e. The van der Waals surface area contributed by atoms with Crippen LogP contribution in [0, 0.1) is 10.1 Å². The van der Waals surface area contributed by atoms with Crippen molar-refractivity contribution in [2.45, 2.75) is 13.3 Å². The lowest BCUT2D eigenvalue weighted by atomic mass is 10.1. The summed E-state index contributed by atoms with van der Waals surface area (Å²) in [5, 5.41) is 16.0. The maximum absolute atomic E-state index is 12.8. The van der Waals surface area contributed by atoms with E-state index in [1.54, 1.807) is 24.3 Å². The largest absolute Gasteiger partial charge is 0.493 e. The van der Waals surface area contributed by atoms with Crippen molar-refractivity contribution in [2.75, 3.05) is 14.2 Å². The highest BCUT2D eigenvalue weighted by Crippen LogP contribution is 2.33. The molecule has 0 aliphatic heterocycles. The van der Waals surface area contributed by atoms with E-state index in [9.17, 15) is 14.9 Å². The molecule has 1 aromatic heterocycles. The Hall–Kier alpha value is -3.75. The van der Waals surface area contributed by atoms with Crippen molar-refractivity contribution >= 4 is 22.8 Å². The van der Waals surface area contributed by atoms with Crippen molar-refractivity contribution < 1.29 is 14.4 Å². The molecule has 9 heteroatoms. The van der Waals surface area contributed by atoms with Gasteiger partial charge in [0.2, 0.25) is 0 Å². The van der Waals surface area contributed by atoms with Gasteiger partial charge in [0.05, 0.1) is 47.9 Å². The molecule has 3 rings (SSSR count). The van der Waals surface area contributed by atoms with E-state index in [0.29, 0.717) is 28.9 Å². The Balaban J connectivity index is 2.18. The molecule has 9 nitrogen and oxygen atoms in total. The molecule has 0 amide bonds. The third-order valence-electron chi connectivity index (χ3n) is 4.18. The van der Waals surface area contributed by atoms with Gasteiger partial charge in [-0.2, -0.15) is 9.78 Å². The molecule has 3 aromatic rings. The number of nitrogens with zero attached hydrogens (tertiary/aromatic N) is 4. The molecular formula is C19H18N4O5. The van der Waals surface area contributed by atoms with Crippen LogP contribution in [0.25, 0.3) is 10.9 Å². The fraction of sp³-hybridized carbons (Fsp3) is 0.211. The summed E-state index contributed by atoms with van der Waals surface area (Å²) in [6.45, 7) is 1.85. The Kier molecular flexibility index (Phi) is 5.35. The fourth-order valence-corrected chi connectivity index (χ4v) is 2.78. The molecule has 0 saturated heterocycles. The van der Waals surface area contributed by atoms with Gasteiger partial charge in [0.15, 0.2) is 11.5 Å². The molecule has 0 N–H and O–H groups in total. The van der Waals surface area contributed by atoms with Gasteiger partial charge in [-0.05, 0) is 18.2 Å². The summed E-state index contributed by atoms with van der Waals surface area (Å²) in [7, 11) is 2.82. The first-order chi connectivity index (χ1) is 13.5. The summed E-state index contributed by atoms with van der Waals surface area (Å²) >= 11 is 0. The van der Waals surface area contributed by atoms with Gasteiger partial charge in [-0.3, -0.25) is 14.9 Å². The molecule has 0 atom stereocenters. The van der Waals surface area contributed by atoms with E-state index >= 15 is 0 Å². The van der Waals surface area contributed by atoms with Gasteiger partial charge in [0.1, 0.15) is 5.82 Å². The highest BCUT2D eigenvalue weighted by Gasteiger charge is 2.19. The number of rotatable bonds is 6. The number of hydrogen-bond acceptors (Lipinski definition) is 7. The molecule has 1 heterocycles. The van der Waals surface area contributed by atoms with E-state index in [1.165, 1.54) is 32.6 Å². The maximum Gasteiger partial charge on any atom is 0.282 e. The quantitative estimate of drug-likeness (QED) is 0.368. The summed E-state index contributed by atoms with van der Waals surface area (Å²) < 4.78 is 11.5. The van der Waals surface area contributed by atoms with Crippen molar-refractivity contribution in [1.29, 1.82) is 0 Å². The average Bonchev–Trinajstić information content (AvgIpc) is 2.72. The Morgan fingerprint density at radius 3 is 2.54 bits per heavy atom. The highest BCUT2D eigenvalue weighted by molar-refractivity contribution is 5.87. The second-order valence-corrected chi connectivity index (χ2v) is 5.78. The molecule has 0 spiro atoms. The molecule has 0 bridgehead atoms. The maximum atomic E-state index is 12.8. The minimum absolute atomic E-state index is 0.171.